The van der Waals surface area contributed by atoms with Crippen LogP contribution in [-0.2, 0) is 16.1 Å². The zero-order chi connectivity index (χ0) is 28.9. The standard InChI is InChI=1S/C36H45N2O2/c1-28(2)11-9-12-29(3)13-10-14-30(4)25-26-40-36(39)27-38-34(24-20-32-15-7-8-16-35(32)38)23-19-31-17-21-33(22-18-31)37(5)6/h7-8,11,13,15-25H,9-10,12,14,26-27H2,1-6H3/q+1/b29-13+,30-25+. The van der Waals surface area contributed by atoms with Crippen LogP contribution in [0.5, 0.6) is 0 Å². The van der Waals surface area contributed by atoms with E-state index in [0.29, 0.717) is 6.61 Å². The number of pyridine rings is 1. The normalized spacial score (nSPS) is 12.2. The number of hydrogen-bond acceptors (Lipinski definition) is 3. The number of hydrogen-bond donors (Lipinski definition) is 0. The van der Waals surface area contributed by atoms with Gasteiger partial charge in [-0.2, -0.15) is 4.57 Å². The average Bonchev–Trinajstić information content (AvgIpc) is 2.92. The van der Waals surface area contributed by atoms with Crippen LogP contribution in [0.1, 0.15) is 64.6 Å². The van der Waals surface area contributed by atoms with Gasteiger partial charge in [0, 0.05) is 43.4 Å². The van der Waals surface area contributed by atoms with E-state index in [9.17, 15) is 4.79 Å². The summed E-state index contributed by atoms with van der Waals surface area (Å²) in [6.07, 6.45) is 15.0. The number of esters is 1. The topological polar surface area (TPSA) is 33.4 Å². The van der Waals surface area contributed by atoms with Gasteiger partial charge in [0.1, 0.15) is 6.61 Å². The van der Waals surface area contributed by atoms with Gasteiger partial charge < -0.3 is 9.64 Å². The molecule has 0 fully saturated rings. The van der Waals surface area contributed by atoms with Crippen molar-refractivity contribution in [2.45, 2.75) is 59.9 Å². The Morgan fingerprint density at radius 2 is 1.48 bits per heavy atom. The minimum Gasteiger partial charge on any atom is -0.457 e. The first-order chi connectivity index (χ1) is 19.2. The van der Waals surface area contributed by atoms with Crippen LogP contribution in [0.2, 0.25) is 0 Å². The summed E-state index contributed by atoms with van der Waals surface area (Å²) in [7, 11) is 4.07. The van der Waals surface area contributed by atoms with E-state index >= 15 is 0 Å². The van der Waals surface area contributed by atoms with Crippen molar-refractivity contribution < 1.29 is 14.1 Å². The second-order valence-electron chi connectivity index (χ2n) is 10.9. The molecule has 0 aliphatic carbocycles. The first kappa shape index (κ1) is 30.6. The molecule has 3 rings (SSSR count). The molecule has 0 aliphatic heterocycles. The van der Waals surface area contributed by atoms with Crippen molar-refractivity contribution in [1.29, 1.82) is 0 Å². The van der Waals surface area contributed by atoms with Crippen molar-refractivity contribution in [3.05, 3.63) is 107 Å². The summed E-state index contributed by atoms with van der Waals surface area (Å²) in [6, 6.07) is 20.7. The summed E-state index contributed by atoms with van der Waals surface area (Å²) in [5.74, 6) is -0.245. The number of fused-ring (bicyclic) bond motifs is 1. The molecule has 2 aromatic carbocycles. The van der Waals surface area contributed by atoms with Gasteiger partial charge in [0.25, 0.3) is 0 Å². The lowest BCUT2D eigenvalue weighted by atomic mass is 10.1. The molecule has 1 aromatic heterocycles. The highest BCUT2D eigenvalue weighted by Gasteiger charge is 2.18. The van der Waals surface area contributed by atoms with E-state index in [0.717, 1.165) is 53.5 Å². The van der Waals surface area contributed by atoms with E-state index < -0.39 is 0 Å². The van der Waals surface area contributed by atoms with Gasteiger partial charge in [-0.05, 0) is 95.4 Å². The Balaban J connectivity index is 1.62. The molecule has 0 spiro atoms. The van der Waals surface area contributed by atoms with Gasteiger partial charge >= 0.3 is 5.97 Å². The Kier molecular flexibility index (Phi) is 12.0. The Morgan fingerprint density at radius 1 is 0.800 bits per heavy atom. The number of carbonyl (C=O) groups is 1. The molecular weight excluding hydrogens is 492 g/mol. The fourth-order valence-electron chi connectivity index (χ4n) is 4.46. The van der Waals surface area contributed by atoms with Crippen LogP contribution in [0.4, 0.5) is 5.69 Å². The lowest BCUT2D eigenvalue weighted by Crippen LogP contribution is -2.42. The summed E-state index contributed by atoms with van der Waals surface area (Å²) in [5.41, 5.74) is 8.26. The fraction of sp³-hybridized carbons (Fsp3) is 0.333. The Morgan fingerprint density at radius 3 is 2.17 bits per heavy atom. The number of para-hydroxylation sites is 1. The quantitative estimate of drug-likeness (QED) is 0.125. The molecule has 0 atom stereocenters. The Labute approximate surface area is 241 Å². The monoisotopic (exact) mass is 537 g/mol. The zero-order valence-electron chi connectivity index (χ0n) is 25.1. The maximum absolute atomic E-state index is 12.9. The van der Waals surface area contributed by atoms with Crippen LogP contribution in [0.15, 0.2) is 95.6 Å². The number of rotatable bonds is 13. The van der Waals surface area contributed by atoms with Gasteiger partial charge in [0.15, 0.2) is 0 Å². The summed E-state index contributed by atoms with van der Waals surface area (Å²) < 4.78 is 7.66. The van der Waals surface area contributed by atoms with E-state index in [1.807, 2.05) is 42.9 Å². The van der Waals surface area contributed by atoms with Crippen molar-refractivity contribution in [3.63, 3.8) is 0 Å². The first-order valence-electron chi connectivity index (χ1n) is 14.2. The minimum absolute atomic E-state index is 0.154. The maximum Gasteiger partial charge on any atom is 0.373 e. The van der Waals surface area contributed by atoms with Crippen molar-refractivity contribution in [1.82, 2.24) is 0 Å². The third kappa shape index (κ3) is 10.00. The number of allylic oxidation sites excluding steroid dienone is 5. The maximum atomic E-state index is 12.9. The van der Waals surface area contributed by atoms with Gasteiger partial charge in [-0.1, -0.05) is 53.1 Å². The minimum atomic E-state index is -0.245. The molecule has 210 valence electrons. The van der Waals surface area contributed by atoms with Crippen molar-refractivity contribution >= 4 is 34.7 Å². The van der Waals surface area contributed by atoms with Crippen molar-refractivity contribution in [2.75, 3.05) is 25.6 Å². The van der Waals surface area contributed by atoms with Crippen LogP contribution in [-0.4, -0.2) is 26.7 Å². The average molecular weight is 538 g/mol. The molecule has 0 aliphatic rings. The van der Waals surface area contributed by atoms with E-state index in [-0.39, 0.29) is 12.5 Å². The van der Waals surface area contributed by atoms with Gasteiger partial charge in [-0.3, -0.25) is 0 Å². The summed E-state index contributed by atoms with van der Waals surface area (Å²) in [4.78, 5) is 15.0. The van der Waals surface area contributed by atoms with Crippen LogP contribution in [0, 0.1) is 0 Å². The van der Waals surface area contributed by atoms with E-state index in [1.54, 1.807) is 0 Å². The second-order valence-corrected chi connectivity index (χ2v) is 10.9. The molecule has 0 bridgehead atoms. The Bertz CT molecular complexity index is 1390. The molecule has 0 saturated heterocycles. The van der Waals surface area contributed by atoms with Crippen LogP contribution in [0.25, 0.3) is 23.1 Å². The number of carbonyl (C=O) groups excluding carboxylic acids is 1. The summed E-state index contributed by atoms with van der Waals surface area (Å²) >= 11 is 0. The van der Waals surface area contributed by atoms with Crippen LogP contribution < -0.4 is 9.47 Å². The van der Waals surface area contributed by atoms with E-state index in [2.05, 4.69) is 99.4 Å². The van der Waals surface area contributed by atoms with Crippen LogP contribution >= 0.6 is 0 Å². The highest BCUT2D eigenvalue weighted by molar-refractivity contribution is 5.78. The van der Waals surface area contributed by atoms with Crippen LogP contribution in [0.3, 0.4) is 0 Å². The van der Waals surface area contributed by atoms with E-state index in [1.165, 1.54) is 16.7 Å². The SMILES string of the molecule is CC(C)=CCC/C(C)=C/CC/C(C)=C/COC(=O)C[n+]1c(/C=C/c2ccc(N(C)C)cc2)ccc2ccccc21. The molecule has 3 aromatic rings. The summed E-state index contributed by atoms with van der Waals surface area (Å²) in [5, 5.41) is 1.09. The lowest BCUT2D eigenvalue weighted by Gasteiger charge is -2.11. The van der Waals surface area contributed by atoms with Gasteiger partial charge in [-0.15, -0.1) is 0 Å². The smallest absolute Gasteiger partial charge is 0.373 e. The first-order valence-corrected chi connectivity index (χ1v) is 14.2. The highest BCUT2D eigenvalue weighted by atomic mass is 16.5. The number of aromatic nitrogens is 1. The molecule has 0 N–H and O–H groups in total. The van der Waals surface area contributed by atoms with Crippen molar-refractivity contribution in [3.8, 4) is 0 Å². The molecule has 40 heavy (non-hydrogen) atoms. The molecule has 4 heteroatoms. The predicted octanol–water partition coefficient (Wildman–Crippen LogP) is 8.33. The number of anilines is 1. The highest BCUT2D eigenvalue weighted by Crippen LogP contribution is 2.16. The fourth-order valence-corrected chi connectivity index (χ4v) is 4.46. The summed E-state index contributed by atoms with van der Waals surface area (Å²) in [6.45, 7) is 9.04. The number of benzene rings is 2. The Hall–Kier alpha value is -3.92. The molecule has 0 radical (unpaired) electrons. The van der Waals surface area contributed by atoms with Crippen molar-refractivity contribution in [2.24, 2.45) is 0 Å². The molecule has 0 amide bonds. The number of nitrogens with zero attached hydrogens (tertiary/aromatic N) is 2. The van der Waals surface area contributed by atoms with Gasteiger partial charge in [-0.25, -0.2) is 4.79 Å². The third-order valence-electron chi connectivity index (χ3n) is 6.91. The number of ether oxygens (including phenoxy) is 1. The molecule has 0 unspecified atom stereocenters. The van der Waals surface area contributed by atoms with Gasteiger partial charge in [0.2, 0.25) is 17.8 Å². The predicted molar refractivity (Wildman–Crippen MR) is 170 cm³/mol. The molecule has 1 heterocycles. The lowest BCUT2D eigenvalue weighted by molar-refractivity contribution is -0.661. The molecular formula is C36H45N2O2+. The molecule has 4 nitrogen and oxygen atoms in total. The van der Waals surface area contributed by atoms with E-state index in [4.69, 9.17) is 4.74 Å². The molecule has 0 saturated carbocycles. The largest absolute Gasteiger partial charge is 0.457 e. The second kappa shape index (κ2) is 15.6. The third-order valence-corrected chi connectivity index (χ3v) is 6.91. The van der Waals surface area contributed by atoms with Gasteiger partial charge in [0.05, 0.1) is 0 Å². The zero-order valence-corrected chi connectivity index (χ0v) is 25.1.